The molecule has 1 unspecified atom stereocenters. The van der Waals surface area contributed by atoms with Gasteiger partial charge >= 0.3 is 0 Å². The van der Waals surface area contributed by atoms with Crippen LogP contribution in [-0.2, 0) is 13.0 Å². The number of aromatic nitrogens is 2. The molecule has 3 aromatic rings. The molecule has 1 aromatic heterocycles. The molecule has 0 fully saturated rings. The van der Waals surface area contributed by atoms with Gasteiger partial charge in [0, 0.05) is 34.9 Å². The third-order valence-corrected chi connectivity index (χ3v) is 4.33. The molecule has 0 amide bonds. The number of imidazole rings is 1. The Morgan fingerprint density at radius 1 is 1.00 bits per heavy atom. The van der Waals surface area contributed by atoms with E-state index in [0.29, 0.717) is 0 Å². The summed E-state index contributed by atoms with van der Waals surface area (Å²) in [5.74, 6) is 0.282. The first-order valence-electron chi connectivity index (χ1n) is 7.17. The third kappa shape index (κ3) is 3.70. The fourth-order valence-electron chi connectivity index (χ4n) is 2.63. The Hall–Kier alpha value is -1.77. The summed E-state index contributed by atoms with van der Waals surface area (Å²) in [6.45, 7) is 0.840. The van der Waals surface area contributed by atoms with Crippen LogP contribution < -0.4 is 0 Å². The molecular weight excluding hydrogens is 315 g/mol. The Balaban J connectivity index is 1.88. The lowest BCUT2D eigenvalue weighted by Crippen LogP contribution is -2.11. The Kier molecular flexibility index (Phi) is 4.81. The highest BCUT2D eigenvalue weighted by molar-refractivity contribution is 6.31. The summed E-state index contributed by atoms with van der Waals surface area (Å²) in [4.78, 5) is 4.12. The molecule has 0 spiro atoms. The summed E-state index contributed by atoms with van der Waals surface area (Å²) in [5.41, 5.74) is 2.40. The number of nitrogens with zero attached hydrogens (tertiary/aromatic N) is 2. The van der Waals surface area contributed by atoms with E-state index < -0.39 is 0 Å². The van der Waals surface area contributed by atoms with Crippen molar-refractivity contribution in [2.75, 3.05) is 0 Å². The molecule has 0 N–H and O–H groups in total. The van der Waals surface area contributed by atoms with Crippen molar-refractivity contribution in [1.29, 1.82) is 0 Å². The van der Waals surface area contributed by atoms with E-state index in [9.17, 15) is 0 Å². The maximum Gasteiger partial charge on any atom is 0.0946 e. The van der Waals surface area contributed by atoms with Gasteiger partial charge in [-0.05, 0) is 35.7 Å². The number of benzene rings is 2. The highest BCUT2D eigenvalue weighted by Gasteiger charge is 2.16. The topological polar surface area (TPSA) is 17.8 Å². The van der Waals surface area contributed by atoms with Gasteiger partial charge in [-0.25, -0.2) is 4.98 Å². The summed E-state index contributed by atoms with van der Waals surface area (Å²) in [7, 11) is 0. The van der Waals surface area contributed by atoms with Gasteiger partial charge in [-0.1, -0.05) is 53.5 Å². The molecule has 2 nitrogen and oxygen atoms in total. The minimum absolute atomic E-state index is 0.282. The lowest BCUT2D eigenvalue weighted by atomic mass is 9.91. The zero-order valence-electron chi connectivity index (χ0n) is 12.0. The molecule has 0 aliphatic carbocycles. The zero-order valence-corrected chi connectivity index (χ0v) is 13.5. The predicted octanol–water partition coefficient (Wildman–Crippen LogP) is 5.22. The molecule has 2 aromatic carbocycles. The van der Waals surface area contributed by atoms with Crippen molar-refractivity contribution < 1.29 is 0 Å². The third-order valence-electron chi connectivity index (χ3n) is 3.73. The second-order valence-electron chi connectivity index (χ2n) is 5.31. The van der Waals surface area contributed by atoms with E-state index in [4.69, 9.17) is 23.2 Å². The van der Waals surface area contributed by atoms with Crippen LogP contribution in [-0.4, -0.2) is 9.55 Å². The normalized spacial score (nSPS) is 12.3. The monoisotopic (exact) mass is 330 g/mol. The molecule has 112 valence electrons. The van der Waals surface area contributed by atoms with Crippen LogP contribution in [0.25, 0.3) is 0 Å². The Bertz CT molecular complexity index is 721. The van der Waals surface area contributed by atoms with Gasteiger partial charge in [0.15, 0.2) is 0 Å². The number of hydrogen-bond acceptors (Lipinski definition) is 1. The maximum atomic E-state index is 6.40. The SMILES string of the molecule is Clc1ccc(CC(Cn2ccnc2)c2ccccc2Cl)cc1. The number of rotatable bonds is 5. The van der Waals surface area contributed by atoms with Crippen LogP contribution in [0.4, 0.5) is 0 Å². The van der Waals surface area contributed by atoms with Gasteiger partial charge in [-0.3, -0.25) is 0 Å². The number of halogens is 2. The summed E-state index contributed by atoms with van der Waals surface area (Å²) >= 11 is 12.4. The van der Waals surface area contributed by atoms with Crippen LogP contribution >= 0.6 is 23.2 Å². The second kappa shape index (κ2) is 6.99. The molecule has 0 aliphatic rings. The van der Waals surface area contributed by atoms with Gasteiger partial charge in [-0.2, -0.15) is 0 Å². The van der Waals surface area contributed by atoms with Gasteiger partial charge < -0.3 is 4.57 Å². The van der Waals surface area contributed by atoms with Gasteiger partial charge in [-0.15, -0.1) is 0 Å². The molecule has 1 heterocycles. The first-order valence-corrected chi connectivity index (χ1v) is 7.92. The summed E-state index contributed by atoms with van der Waals surface area (Å²) in [6, 6.07) is 16.0. The van der Waals surface area contributed by atoms with E-state index in [1.807, 2.05) is 42.9 Å². The van der Waals surface area contributed by atoms with Crippen LogP contribution in [0.15, 0.2) is 67.3 Å². The average Bonchev–Trinajstić information content (AvgIpc) is 3.02. The lowest BCUT2D eigenvalue weighted by Gasteiger charge is -2.19. The van der Waals surface area contributed by atoms with Crippen molar-refractivity contribution >= 4 is 23.2 Å². The molecule has 4 heteroatoms. The summed E-state index contributed by atoms with van der Waals surface area (Å²) in [6.07, 6.45) is 6.52. The quantitative estimate of drug-likeness (QED) is 0.627. The largest absolute Gasteiger partial charge is 0.337 e. The fourth-order valence-corrected chi connectivity index (χ4v) is 3.05. The van der Waals surface area contributed by atoms with E-state index in [2.05, 4.69) is 27.8 Å². The zero-order chi connectivity index (χ0) is 15.4. The van der Waals surface area contributed by atoms with Crippen LogP contribution in [0.1, 0.15) is 17.0 Å². The van der Waals surface area contributed by atoms with Crippen LogP contribution in [0.3, 0.4) is 0 Å². The van der Waals surface area contributed by atoms with Crippen LogP contribution in [0, 0.1) is 0 Å². The average molecular weight is 331 g/mol. The molecular formula is C18H16Cl2N2. The van der Waals surface area contributed by atoms with E-state index in [1.165, 1.54) is 5.56 Å². The summed E-state index contributed by atoms with van der Waals surface area (Å²) < 4.78 is 2.09. The molecule has 1 atom stereocenters. The first kappa shape index (κ1) is 15.1. The van der Waals surface area contributed by atoms with Gasteiger partial charge in [0.1, 0.15) is 0 Å². The summed E-state index contributed by atoms with van der Waals surface area (Å²) in [5, 5.41) is 1.56. The molecule has 0 bridgehead atoms. The van der Waals surface area contributed by atoms with E-state index >= 15 is 0 Å². The van der Waals surface area contributed by atoms with Gasteiger partial charge in [0.2, 0.25) is 0 Å². The van der Waals surface area contributed by atoms with Gasteiger partial charge in [0.05, 0.1) is 6.33 Å². The predicted molar refractivity (Wildman–Crippen MR) is 91.6 cm³/mol. The maximum absolute atomic E-state index is 6.40. The van der Waals surface area contributed by atoms with E-state index in [0.717, 1.165) is 28.6 Å². The van der Waals surface area contributed by atoms with Crippen molar-refractivity contribution in [3.8, 4) is 0 Å². The first-order chi connectivity index (χ1) is 10.7. The Labute approximate surface area is 140 Å². The highest BCUT2D eigenvalue weighted by Crippen LogP contribution is 2.29. The van der Waals surface area contributed by atoms with Crippen LogP contribution in [0.2, 0.25) is 10.0 Å². The number of hydrogen-bond donors (Lipinski definition) is 0. The van der Waals surface area contributed by atoms with Crippen molar-refractivity contribution in [2.24, 2.45) is 0 Å². The Morgan fingerprint density at radius 2 is 1.77 bits per heavy atom. The molecule has 0 radical (unpaired) electrons. The second-order valence-corrected chi connectivity index (χ2v) is 6.15. The van der Waals surface area contributed by atoms with Crippen molar-refractivity contribution in [3.63, 3.8) is 0 Å². The van der Waals surface area contributed by atoms with Gasteiger partial charge in [0.25, 0.3) is 0 Å². The molecule has 3 rings (SSSR count). The molecule has 0 saturated carbocycles. The minimum Gasteiger partial charge on any atom is -0.337 e. The molecule has 22 heavy (non-hydrogen) atoms. The van der Waals surface area contributed by atoms with E-state index in [1.54, 1.807) is 6.20 Å². The Morgan fingerprint density at radius 3 is 2.45 bits per heavy atom. The fraction of sp³-hybridized carbons (Fsp3) is 0.167. The van der Waals surface area contributed by atoms with Crippen LogP contribution in [0.5, 0.6) is 0 Å². The molecule has 0 aliphatic heterocycles. The standard InChI is InChI=1S/C18H16Cl2N2/c19-16-7-5-14(6-8-16)11-15(12-22-10-9-21-13-22)17-3-1-2-4-18(17)20/h1-10,13,15H,11-12H2. The highest BCUT2D eigenvalue weighted by atomic mass is 35.5. The lowest BCUT2D eigenvalue weighted by molar-refractivity contribution is 0.556. The smallest absolute Gasteiger partial charge is 0.0946 e. The minimum atomic E-state index is 0.282. The van der Waals surface area contributed by atoms with Crippen molar-refractivity contribution in [1.82, 2.24) is 9.55 Å². The van der Waals surface area contributed by atoms with E-state index in [-0.39, 0.29) is 5.92 Å². The van der Waals surface area contributed by atoms with Crippen molar-refractivity contribution in [3.05, 3.63) is 88.4 Å². The molecule has 0 saturated heterocycles. The van der Waals surface area contributed by atoms with Crippen molar-refractivity contribution in [2.45, 2.75) is 18.9 Å².